The van der Waals surface area contributed by atoms with Crippen LogP contribution in [0.25, 0.3) is 10.2 Å². The number of nitrogens with zero attached hydrogens (tertiary/aromatic N) is 2. The summed E-state index contributed by atoms with van der Waals surface area (Å²) in [5.74, 6) is -0.615. The molecule has 0 saturated carbocycles. The van der Waals surface area contributed by atoms with Crippen LogP contribution >= 0.6 is 11.3 Å². The van der Waals surface area contributed by atoms with E-state index < -0.39 is 0 Å². The number of benzene rings is 2. The average molecular weight is 295 g/mol. The maximum absolute atomic E-state index is 12.4. The number of thiazole rings is 1. The second-order valence-corrected chi connectivity index (χ2v) is 5.76. The molecule has 0 bridgehead atoms. The molecule has 2 amide bonds. The molecule has 0 atom stereocenters. The van der Waals surface area contributed by atoms with Crippen molar-refractivity contribution in [2.24, 2.45) is 0 Å². The monoisotopic (exact) mass is 295 g/mol. The summed E-state index contributed by atoms with van der Waals surface area (Å²) in [7, 11) is 0. The second kappa shape index (κ2) is 4.13. The van der Waals surface area contributed by atoms with Crippen LogP contribution < -0.4 is 10.6 Å². The van der Waals surface area contributed by atoms with Crippen molar-refractivity contribution >= 4 is 44.2 Å². The molecular formula is C15H9N3O2S. The Morgan fingerprint density at radius 2 is 1.67 bits per heavy atom. The van der Waals surface area contributed by atoms with Gasteiger partial charge in [0.15, 0.2) is 5.13 Å². The molecule has 0 radical (unpaired) electrons. The van der Waals surface area contributed by atoms with Gasteiger partial charge in [0.2, 0.25) is 0 Å². The molecule has 2 N–H and O–H groups in total. The molecule has 1 aliphatic heterocycles. The molecule has 0 unspecified atom stereocenters. The Hall–Kier alpha value is -2.73. The Bertz CT molecular complexity index is 881. The third-order valence-electron chi connectivity index (χ3n) is 3.44. The number of amides is 2. The molecule has 102 valence electrons. The van der Waals surface area contributed by atoms with Gasteiger partial charge in [-0.3, -0.25) is 9.59 Å². The fourth-order valence-corrected chi connectivity index (χ4v) is 3.21. The van der Waals surface area contributed by atoms with Gasteiger partial charge in [-0.05, 0) is 30.3 Å². The molecule has 21 heavy (non-hydrogen) atoms. The predicted molar refractivity (Wildman–Crippen MR) is 81.6 cm³/mol. The molecule has 0 spiro atoms. The van der Waals surface area contributed by atoms with E-state index in [1.54, 1.807) is 36.4 Å². The zero-order valence-corrected chi connectivity index (χ0v) is 11.6. The minimum Gasteiger partial charge on any atom is -0.375 e. The molecule has 1 aliphatic rings. The summed E-state index contributed by atoms with van der Waals surface area (Å²) in [6.45, 7) is 0. The second-order valence-electron chi connectivity index (χ2n) is 4.70. The maximum atomic E-state index is 12.4. The van der Waals surface area contributed by atoms with E-state index in [2.05, 4.69) is 4.98 Å². The lowest BCUT2D eigenvalue weighted by Crippen LogP contribution is -2.29. The quantitative estimate of drug-likeness (QED) is 0.700. The van der Waals surface area contributed by atoms with Crippen molar-refractivity contribution in [3.63, 3.8) is 0 Å². The van der Waals surface area contributed by atoms with Gasteiger partial charge < -0.3 is 5.73 Å². The zero-order valence-electron chi connectivity index (χ0n) is 10.7. The Labute approximate surface area is 123 Å². The van der Waals surface area contributed by atoms with Gasteiger partial charge in [-0.2, -0.15) is 0 Å². The number of carbonyl (C=O) groups is 2. The van der Waals surface area contributed by atoms with Crippen LogP contribution in [0, 0.1) is 0 Å². The first kappa shape index (κ1) is 12.0. The molecule has 0 aliphatic carbocycles. The van der Waals surface area contributed by atoms with Gasteiger partial charge in [-0.15, -0.1) is 0 Å². The summed E-state index contributed by atoms with van der Waals surface area (Å²) in [5.41, 5.74) is 7.74. The van der Waals surface area contributed by atoms with E-state index in [1.807, 2.05) is 6.07 Å². The van der Waals surface area contributed by atoms with Crippen molar-refractivity contribution in [2.45, 2.75) is 0 Å². The van der Waals surface area contributed by atoms with E-state index in [-0.39, 0.29) is 11.8 Å². The summed E-state index contributed by atoms with van der Waals surface area (Å²) < 4.78 is 0.924. The third kappa shape index (κ3) is 1.66. The van der Waals surface area contributed by atoms with E-state index in [1.165, 1.54) is 16.2 Å². The number of carbonyl (C=O) groups excluding carboxylic acids is 2. The Morgan fingerprint density at radius 3 is 2.33 bits per heavy atom. The number of anilines is 2. The number of fused-ring (bicyclic) bond motifs is 2. The minimum absolute atomic E-state index is 0.307. The zero-order chi connectivity index (χ0) is 14.6. The highest BCUT2D eigenvalue weighted by Crippen LogP contribution is 2.32. The van der Waals surface area contributed by atoms with E-state index >= 15 is 0 Å². The first-order valence-electron chi connectivity index (χ1n) is 6.29. The lowest BCUT2D eigenvalue weighted by molar-refractivity contribution is 0.0926. The van der Waals surface area contributed by atoms with E-state index in [9.17, 15) is 9.59 Å². The number of hydrogen-bond donors (Lipinski definition) is 1. The van der Waals surface area contributed by atoms with Crippen molar-refractivity contribution in [3.8, 4) is 0 Å². The largest absolute Gasteiger partial charge is 0.375 e. The maximum Gasteiger partial charge on any atom is 0.266 e. The van der Waals surface area contributed by atoms with Crippen molar-refractivity contribution in [1.29, 1.82) is 0 Å². The summed E-state index contributed by atoms with van der Waals surface area (Å²) in [5, 5.41) is 0.463. The van der Waals surface area contributed by atoms with Crippen LogP contribution in [0.5, 0.6) is 0 Å². The van der Waals surface area contributed by atoms with Gasteiger partial charge in [0, 0.05) is 0 Å². The highest BCUT2D eigenvalue weighted by Gasteiger charge is 2.36. The molecule has 3 aromatic rings. The molecule has 0 saturated heterocycles. The fraction of sp³-hybridized carbons (Fsp3) is 0. The first-order valence-corrected chi connectivity index (χ1v) is 7.11. The van der Waals surface area contributed by atoms with Crippen LogP contribution in [0.2, 0.25) is 0 Å². The van der Waals surface area contributed by atoms with Gasteiger partial charge in [-0.25, -0.2) is 9.88 Å². The molecular weight excluding hydrogens is 286 g/mol. The Morgan fingerprint density at radius 1 is 1.00 bits per heavy atom. The normalized spacial score (nSPS) is 14.0. The van der Waals surface area contributed by atoms with Crippen LogP contribution in [0.1, 0.15) is 20.7 Å². The number of imide groups is 1. The van der Waals surface area contributed by atoms with Crippen LogP contribution in [-0.2, 0) is 0 Å². The molecule has 2 heterocycles. The third-order valence-corrected chi connectivity index (χ3v) is 4.31. The van der Waals surface area contributed by atoms with Gasteiger partial charge in [-0.1, -0.05) is 23.5 Å². The number of nitrogens with two attached hydrogens (primary N) is 1. The lowest BCUT2D eigenvalue weighted by atomic mass is 10.1. The fourth-order valence-electron chi connectivity index (χ4n) is 2.50. The molecule has 1 aromatic heterocycles. The summed E-state index contributed by atoms with van der Waals surface area (Å²) in [4.78, 5) is 30.2. The number of hydrogen-bond acceptors (Lipinski definition) is 5. The van der Waals surface area contributed by atoms with E-state index in [0.717, 1.165) is 4.70 Å². The average Bonchev–Trinajstić information content (AvgIpc) is 2.97. The minimum atomic E-state index is -0.307. The van der Waals surface area contributed by atoms with Crippen LogP contribution in [-0.4, -0.2) is 16.8 Å². The summed E-state index contributed by atoms with van der Waals surface area (Å²) in [6.07, 6.45) is 0. The van der Waals surface area contributed by atoms with Crippen LogP contribution in [0.3, 0.4) is 0 Å². The molecule has 4 rings (SSSR count). The Balaban J connectivity index is 1.86. The SMILES string of the molecule is Nc1nc2cc(N3C(=O)c4ccccc4C3=O)ccc2s1. The van der Waals surface area contributed by atoms with Crippen LogP contribution in [0.4, 0.5) is 10.8 Å². The van der Waals surface area contributed by atoms with Gasteiger partial charge in [0.1, 0.15) is 0 Å². The lowest BCUT2D eigenvalue weighted by Gasteiger charge is -2.13. The van der Waals surface area contributed by atoms with Crippen molar-refractivity contribution in [3.05, 3.63) is 53.6 Å². The smallest absolute Gasteiger partial charge is 0.266 e. The Kier molecular flexibility index (Phi) is 2.37. The highest BCUT2D eigenvalue weighted by atomic mass is 32.1. The summed E-state index contributed by atoms with van der Waals surface area (Å²) in [6, 6.07) is 12.1. The van der Waals surface area contributed by atoms with Gasteiger partial charge in [0.05, 0.1) is 27.0 Å². The number of aromatic nitrogens is 1. The molecule has 2 aromatic carbocycles. The van der Waals surface area contributed by atoms with Gasteiger partial charge in [0.25, 0.3) is 11.8 Å². The van der Waals surface area contributed by atoms with Gasteiger partial charge >= 0.3 is 0 Å². The van der Waals surface area contributed by atoms with Crippen LogP contribution in [0.15, 0.2) is 42.5 Å². The predicted octanol–water partition coefficient (Wildman–Crippen LogP) is 2.68. The number of rotatable bonds is 1. The number of nitrogen functional groups attached to an aromatic ring is 1. The standard InChI is InChI=1S/C15H9N3O2S/c16-15-17-11-7-8(5-6-12(11)21-15)18-13(19)9-3-1-2-4-10(9)14(18)20/h1-7H,(H2,16,17). The molecule has 5 nitrogen and oxygen atoms in total. The highest BCUT2D eigenvalue weighted by molar-refractivity contribution is 7.22. The topological polar surface area (TPSA) is 76.3 Å². The van der Waals surface area contributed by atoms with Crippen molar-refractivity contribution in [2.75, 3.05) is 10.6 Å². The molecule has 0 fully saturated rings. The summed E-state index contributed by atoms with van der Waals surface area (Å²) >= 11 is 1.37. The van der Waals surface area contributed by atoms with E-state index in [4.69, 9.17) is 5.73 Å². The van der Waals surface area contributed by atoms with E-state index in [0.29, 0.717) is 27.5 Å². The van der Waals surface area contributed by atoms with Crippen molar-refractivity contribution < 1.29 is 9.59 Å². The van der Waals surface area contributed by atoms with Crippen molar-refractivity contribution in [1.82, 2.24) is 4.98 Å². The molecule has 6 heteroatoms. The first-order chi connectivity index (χ1) is 10.1.